The van der Waals surface area contributed by atoms with Crippen molar-refractivity contribution in [1.82, 2.24) is 10.2 Å². The fourth-order valence-corrected chi connectivity index (χ4v) is 2.03. The molecule has 1 aromatic rings. The molecule has 20 heavy (non-hydrogen) atoms. The van der Waals surface area contributed by atoms with Crippen LogP contribution in [0.4, 0.5) is 0 Å². The van der Waals surface area contributed by atoms with Crippen LogP contribution in [-0.2, 0) is 16.1 Å². The number of carbonyl (C=O) groups is 2. The molecule has 1 aliphatic heterocycles. The number of hydrogen-bond donors (Lipinski definition) is 2. The lowest BCUT2D eigenvalue weighted by molar-refractivity contribution is -0.139. The van der Waals surface area contributed by atoms with Crippen molar-refractivity contribution in [3.05, 3.63) is 35.4 Å². The molecule has 2 N–H and O–H groups in total. The van der Waals surface area contributed by atoms with Gasteiger partial charge in [-0.05, 0) is 24.6 Å². The van der Waals surface area contributed by atoms with E-state index < -0.39 is 0 Å². The Kier molecular flexibility index (Phi) is 4.51. The zero-order valence-electron chi connectivity index (χ0n) is 11.2. The molecule has 104 valence electrons. The van der Waals surface area contributed by atoms with E-state index in [0.29, 0.717) is 6.54 Å². The van der Waals surface area contributed by atoms with Crippen molar-refractivity contribution in [1.29, 1.82) is 0 Å². The predicted molar refractivity (Wildman–Crippen MR) is 73.4 cm³/mol. The molecule has 0 spiro atoms. The van der Waals surface area contributed by atoms with Crippen LogP contribution in [-0.4, -0.2) is 41.0 Å². The lowest BCUT2D eigenvalue weighted by atomic mass is 10.1. The maximum absolute atomic E-state index is 11.6. The molecule has 1 heterocycles. The molecule has 1 saturated heterocycles. The van der Waals surface area contributed by atoms with Gasteiger partial charge in [-0.1, -0.05) is 24.0 Å². The van der Waals surface area contributed by atoms with Crippen LogP contribution >= 0.6 is 0 Å². The number of aliphatic hydroxyl groups excluding tert-OH is 1. The molecule has 1 unspecified atom stereocenters. The van der Waals surface area contributed by atoms with Crippen molar-refractivity contribution in [2.45, 2.75) is 19.5 Å². The minimum atomic E-state index is -0.318. The highest BCUT2D eigenvalue weighted by molar-refractivity contribution is 6.00. The summed E-state index contributed by atoms with van der Waals surface area (Å²) < 4.78 is 0. The third kappa shape index (κ3) is 3.44. The molecule has 1 atom stereocenters. The van der Waals surface area contributed by atoms with E-state index >= 15 is 0 Å². The fourth-order valence-electron chi connectivity index (χ4n) is 2.03. The summed E-state index contributed by atoms with van der Waals surface area (Å²) in [5.41, 5.74) is 1.83. The number of imide groups is 1. The van der Waals surface area contributed by atoms with Crippen LogP contribution in [0.2, 0.25) is 0 Å². The molecule has 5 nitrogen and oxygen atoms in total. The van der Waals surface area contributed by atoms with Crippen LogP contribution in [0, 0.1) is 11.8 Å². The molecular weight excluding hydrogens is 256 g/mol. The van der Waals surface area contributed by atoms with E-state index in [9.17, 15) is 9.59 Å². The number of piperazine rings is 1. The predicted octanol–water partition coefficient (Wildman–Crippen LogP) is -0.123. The van der Waals surface area contributed by atoms with Crippen molar-refractivity contribution in [2.24, 2.45) is 0 Å². The Balaban J connectivity index is 2.05. The third-order valence-corrected chi connectivity index (χ3v) is 3.19. The minimum absolute atomic E-state index is 0.162. The van der Waals surface area contributed by atoms with Crippen LogP contribution in [0.5, 0.6) is 0 Å². The van der Waals surface area contributed by atoms with Gasteiger partial charge in [0.1, 0.15) is 6.61 Å². The number of carbonyl (C=O) groups excluding carboxylic acids is 2. The Morgan fingerprint density at radius 1 is 1.35 bits per heavy atom. The number of benzene rings is 1. The molecule has 1 aliphatic rings. The number of hydrogen-bond acceptors (Lipinski definition) is 4. The smallest absolute Gasteiger partial charge is 0.243 e. The van der Waals surface area contributed by atoms with Crippen LogP contribution in [0.25, 0.3) is 0 Å². The maximum Gasteiger partial charge on any atom is 0.243 e. The molecular formula is C15H16N2O3. The van der Waals surface area contributed by atoms with Crippen molar-refractivity contribution >= 4 is 11.8 Å². The van der Waals surface area contributed by atoms with Gasteiger partial charge in [-0.25, -0.2) is 0 Å². The number of rotatable bonds is 2. The molecule has 2 amide bonds. The van der Waals surface area contributed by atoms with E-state index in [1.807, 2.05) is 29.2 Å². The molecule has 0 aliphatic carbocycles. The normalized spacial score (nSPS) is 19.2. The second-order valence-corrected chi connectivity index (χ2v) is 4.65. The van der Waals surface area contributed by atoms with Crippen LogP contribution < -0.4 is 5.32 Å². The van der Waals surface area contributed by atoms with E-state index in [2.05, 4.69) is 17.2 Å². The summed E-state index contributed by atoms with van der Waals surface area (Å²) in [5, 5.41) is 10.9. The van der Waals surface area contributed by atoms with Crippen molar-refractivity contribution < 1.29 is 14.7 Å². The summed E-state index contributed by atoms with van der Waals surface area (Å²) in [6, 6.07) is 7.21. The SMILES string of the molecule is CC1C(=O)NC(=O)CN1Cc1ccc(C#CCO)cc1. The topological polar surface area (TPSA) is 69.6 Å². The molecule has 1 aromatic carbocycles. The molecule has 0 saturated carbocycles. The Bertz CT molecular complexity index is 569. The Morgan fingerprint density at radius 2 is 2.05 bits per heavy atom. The average molecular weight is 272 g/mol. The lowest BCUT2D eigenvalue weighted by Crippen LogP contribution is -2.56. The zero-order chi connectivity index (χ0) is 14.5. The summed E-state index contributed by atoms with van der Waals surface area (Å²) in [6.45, 7) is 2.38. The van der Waals surface area contributed by atoms with Gasteiger partial charge in [-0.15, -0.1) is 0 Å². The van der Waals surface area contributed by atoms with Gasteiger partial charge in [-0.2, -0.15) is 0 Å². The first-order valence-corrected chi connectivity index (χ1v) is 6.36. The molecule has 0 aromatic heterocycles. The quantitative estimate of drug-likeness (QED) is 0.581. The highest BCUT2D eigenvalue weighted by Crippen LogP contribution is 2.12. The van der Waals surface area contributed by atoms with Gasteiger partial charge in [0.2, 0.25) is 11.8 Å². The van der Waals surface area contributed by atoms with E-state index in [1.165, 1.54) is 0 Å². The molecule has 0 radical (unpaired) electrons. The van der Waals surface area contributed by atoms with Gasteiger partial charge < -0.3 is 5.11 Å². The summed E-state index contributed by atoms with van der Waals surface area (Å²) in [7, 11) is 0. The van der Waals surface area contributed by atoms with E-state index in [-0.39, 0.29) is 31.0 Å². The highest BCUT2D eigenvalue weighted by Gasteiger charge is 2.29. The van der Waals surface area contributed by atoms with Gasteiger partial charge in [0.15, 0.2) is 0 Å². The summed E-state index contributed by atoms with van der Waals surface area (Å²) in [6.07, 6.45) is 0. The summed E-state index contributed by atoms with van der Waals surface area (Å²) in [5.74, 6) is 4.87. The van der Waals surface area contributed by atoms with Gasteiger partial charge in [0.05, 0.1) is 12.6 Å². The standard InChI is InChI=1S/C15H16N2O3/c1-11-15(20)16-14(19)10-17(11)9-13-6-4-12(5-7-13)3-2-8-18/h4-7,11,18H,8-10H2,1H3,(H,16,19,20). The van der Waals surface area contributed by atoms with E-state index in [0.717, 1.165) is 11.1 Å². The van der Waals surface area contributed by atoms with Crippen molar-refractivity contribution in [3.63, 3.8) is 0 Å². The first kappa shape index (κ1) is 14.3. The van der Waals surface area contributed by atoms with E-state index in [4.69, 9.17) is 5.11 Å². The zero-order valence-corrected chi connectivity index (χ0v) is 11.2. The largest absolute Gasteiger partial charge is 0.384 e. The number of nitrogens with one attached hydrogen (secondary N) is 1. The number of nitrogens with zero attached hydrogens (tertiary/aromatic N) is 1. The van der Waals surface area contributed by atoms with Crippen molar-refractivity contribution in [2.75, 3.05) is 13.2 Å². The van der Waals surface area contributed by atoms with Crippen molar-refractivity contribution in [3.8, 4) is 11.8 Å². The molecule has 5 heteroatoms. The number of amides is 2. The first-order chi connectivity index (χ1) is 9.60. The second-order valence-electron chi connectivity index (χ2n) is 4.65. The highest BCUT2D eigenvalue weighted by atomic mass is 16.2. The minimum Gasteiger partial charge on any atom is -0.384 e. The van der Waals surface area contributed by atoms with Crippen LogP contribution in [0.1, 0.15) is 18.1 Å². The number of aliphatic hydroxyl groups is 1. The first-order valence-electron chi connectivity index (χ1n) is 6.36. The van der Waals surface area contributed by atoms with Crippen LogP contribution in [0.15, 0.2) is 24.3 Å². The summed E-state index contributed by atoms with van der Waals surface area (Å²) in [4.78, 5) is 24.8. The molecule has 0 bridgehead atoms. The lowest BCUT2D eigenvalue weighted by Gasteiger charge is -2.31. The molecule has 1 fully saturated rings. The van der Waals surface area contributed by atoms with Crippen LogP contribution in [0.3, 0.4) is 0 Å². The second kappa shape index (κ2) is 6.33. The summed E-state index contributed by atoms with van der Waals surface area (Å²) >= 11 is 0. The average Bonchev–Trinajstić information content (AvgIpc) is 2.43. The monoisotopic (exact) mass is 272 g/mol. The van der Waals surface area contributed by atoms with Gasteiger partial charge in [0, 0.05) is 12.1 Å². The Labute approximate surface area is 117 Å². The third-order valence-electron chi connectivity index (χ3n) is 3.19. The Morgan fingerprint density at radius 3 is 2.70 bits per heavy atom. The van der Waals surface area contributed by atoms with Gasteiger partial charge in [-0.3, -0.25) is 19.8 Å². The molecule has 2 rings (SSSR count). The maximum atomic E-state index is 11.6. The Hall–Kier alpha value is -2.16. The van der Waals surface area contributed by atoms with Gasteiger partial charge >= 0.3 is 0 Å². The van der Waals surface area contributed by atoms with Gasteiger partial charge in [0.25, 0.3) is 0 Å². The van der Waals surface area contributed by atoms with E-state index in [1.54, 1.807) is 6.92 Å². The fraction of sp³-hybridized carbons (Fsp3) is 0.333.